The number of ether oxygens (including phenoxy) is 1. The average Bonchev–Trinajstić information content (AvgIpc) is 2.39. The molecule has 0 spiro atoms. The van der Waals surface area contributed by atoms with Gasteiger partial charge in [0.1, 0.15) is 5.75 Å². The summed E-state index contributed by atoms with van der Waals surface area (Å²) >= 11 is 3.44. The zero-order valence-electron chi connectivity index (χ0n) is 12.3. The van der Waals surface area contributed by atoms with Crippen LogP contribution in [0.4, 0.5) is 0 Å². The minimum Gasteiger partial charge on any atom is -0.480 e. The SMILES string of the molecule is CC1CC(C)CN(C(=O)C(C)Oc2ccccc2Br)C1. The molecule has 20 heavy (non-hydrogen) atoms. The van der Waals surface area contributed by atoms with E-state index in [2.05, 4.69) is 29.8 Å². The van der Waals surface area contributed by atoms with Gasteiger partial charge < -0.3 is 9.64 Å². The Labute approximate surface area is 129 Å². The first-order valence-electron chi connectivity index (χ1n) is 7.17. The molecule has 0 radical (unpaired) electrons. The zero-order chi connectivity index (χ0) is 14.7. The number of benzene rings is 1. The number of hydrogen-bond donors (Lipinski definition) is 0. The lowest BCUT2D eigenvalue weighted by molar-refractivity contribution is -0.140. The molecule has 3 atom stereocenters. The Kier molecular flexibility index (Phi) is 5.08. The van der Waals surface area contributed by atoms with Crippen molar-refractivity contribution >= 4 is 21.8 Å². The number of amides is 1. The van der Waals surface area contributed by atoms with Gasteiger partial charge in [0.15, 0.2) is 6.10 Å². The van der Waals surface area contributed by atoms with Crippen LogP contribution < -0.4 is 4.74 Å². The molecule has 1 aliphatic rings. The molecule has 1 saturated heterocycles. The van der Waals surface area contributed by atoms with Crippen LogP contribution in [0, 0.1) is 11.8 Å². The number of hydrogen-bond acceptors (Lipinski definition) is 2. The number of nitrogens with zero attached hydrogens (tertiary/aromatic N) is 1. The summed E-state index contributed by atoms with van der Waals surface area (Å²) in [6.45, 7) is 7.91. The fraction of sp³-hybridized carbons (Fsp3) is 0.562. The minimum atomic E-state index is -0.453. The molecule has 1 heterocycles. The lowest BCUT2D eigenvalue weighted by Crippen LogP contribution is -2.47. The fourth-order valence-electron chi connectivity index (χ4n) is 2.88. The van der Waals surface area contributed by atoms with Crippen molar-refractivity contribution in [1.82, 2.24) is 4.90 Å². The standard InChI is InChI=1S/C16H22BrNO2/c1-11-8-12(2)10-18(9-11)16(19)13(3)20-15-7-5-4-6-14(15)17/h4-7,11-13H,8-10H2,1-3H3. The second-order valence-electron chi connectivity index (χ2n) is 5.88. The van der Waals surface area contributed by atoms with Crippen LogP contribution in [0.25, 0.3) is 0 Å². The Balaban J connectivity index is 2.00. The molecule has 110 valence electrons. The van der Waals surface area contributed by atoms with Gasteiger partial charge in [-0.15, -0.1) is 0 Å². The summed E-state index contributed by atoms with van der Waals surface area (Å²) in [5.74, 6) is 1.93. The molecule has 1 aliphatic heterocycles. The van der Waals surface area contributed by atoms with Crippen molar-refractivity contribution in [3.05, 3.63) is 28.7 Å². The van der Waals surface area contributed by atoms with Gasteiger partial charge >= 0.3 is 0 Å². The maximum Gasteiger partial charge on any atom is 0.263 e. The van der Waals surface area contributed by atoms with Gasteiger partial charge in [-0.2, -0.15) is 0 Å². The summed E-state index contributed by atoms with van der Waals surface area (Å²) < 4.78 is 6.67. The molecule has 1 aromatic carbocycles. The maximum absolute atomic E-state index is 12.5. The summed E-state index contributed by atoms with van der Waals surface area (Å²) in [7, 11) is 0. The highest BCUT2D eigenvalue weighted by Crippen LogP contribution is 2.26. The second kappa shape index (κ2) is 6.61. The first-order chi connectivity index (χ1) is 9.47. The second-order valence-corrected chi connectivity index (χ2v) is 6.73. The van der Waals surface area contributed by atoms with Crippen LogP contribution in [0.5, 0.6) is 5.75 Å². The number of carbonyl (C=O) groups excluding carboxylic acids is 1. The van der Waals surface area contributed by atoms with Gasteiger partial charge in [-0.1, -0.05) is 26.0 Å². The topological polar surface area (TPSA) is 29.5 Å². The van der Waals surface area contributed by atoms with E-state index in [1.54, 1.807) is 0 Å². The van der Waals surface area contributed by atoms with Crippen molar-refractivity contribution < 1.29 is 9.53 Å². The minimum absolute atomic E-state index is 0.0825. The monoisotopic (exact) mass is 339 g/mol. The fourth-order valence-corrected chi connectivity index (χ4v) is 3.26. The molecule has 2 rings (SSSR count). The van der Waals surface area contributed by atoms with Gasteiger partial charge in [-0.25, -0.2) is 0 Å². The van der Waals surface area contributed by atoms with Crippen LogP contribution >= 0.6 is 15.9 Å². The Hall–Kier alpha value is -1.03. The van der Waals surface area contributed by atoms with Crippen molar-refractivity contribution in [2.24, 2.45) is 11.8 Å². The van der Waals surface area contributed by atoms with E-state index in [1.165, 1.54) is 6.42 Å². The van der Waals surface area contributed by atoms with E-state index in [0.717, 1.165) is 17.6 Å². The van der Waals surface area contributed by atoms with Gasteiger partial charge in [-0.3, -0.25) is 4.79 Å². The number of piperidine rings is 1. The molecule has 3 nitrogen and oxygen atoms in total. The predicted octanol–water partition coefficient (Wildman–Crippen LogP) is 3.72. The number of rotatable bonds is 3. The van der Waals surface area contributed by atoms with Crippen LogP contribution in [-0.4, -0.2) is 30.0 Å². The van der Waals surface area contributed by atoms with Gasteiger partial charge in [0.2, 0.25) is 0 Å². The van der Waals surface area contributed by atoms with E-state index in [9.17, 15) is 4.79 Å². The predicted molar refractivity (Wildman–Crippen MR) is 83.8 cm³/mol. The molecule has 0 aromatic heterocycles. The average molecular weight is 340 g/mol. The highest BCUT2D eigenvalue weighted by molar-refractivity contribution is 9.10. The van der Waals surface area contributed by atoms with E-state index in [0.29, 0.717) is 17.6 Å². The lowest BCUT2D eigenvalue weighted by Gasteiger charge is -2.36. The summed E-state index contributed by atoms with van der Waals surface area (Å²) in [5.41, 5.74) is 0. The Morgan fingerprint density at radius 1 is 1.30 bits per heavy atom. The van der Waals surface area contributed by atoms with Crippen molar-refractivity contribution in [2.75, 3.05) is 13.1 Å². The van der Waals surface area contributed by atoms with Crippen LogP contribution in [0.3, 0.4) is 0 Å². The normalized spacial score (nSPS) is 24.3. The Bertz CT molecular complexity index is 467. The summed E-state index contributed by atoms with van der Waals surface area (Å²) in [4.78, 5) is 14.4. The van der Waals surface area contributed by atoms with Crippen LogP contribution in [0.2, 0.25) is 0 Å². The van der Waals surface area contributed by atoms with Crippen LogP contribution in [-0.2, 0) is 4.79 Å². The summed E-state index contributed by atoms with van der Waals surface area (Å²) in [5, 5.41) is 0. The Morgan fingerprint density at radius 3 is 2.50 bits per heavy atom. The van der Waals surface area contributed by atoms with E-state index < -0.39 is 6.10 Å². The van der Waals surface area contributed by atoms with Gasteiger partial charge in [0.25, 0.3) is 5.91 Å². The quantitative estimate of drug-likeness (QED) is 0.839. The van der Waals surface area contributed by atoms with Crippen molar-refractivity contribution in [3.8, 4) is 5.75 Å². The highest BCUT2D eigenvalue weighted by atomic mass is 79.9. The van der Waals surface area contributed by atoms with Crippen molar-refractivity contribution in [1.29, 1.82) is 0 Å². The third kappa shape index (κ3) is 3.75. The van der Waals surface area contributed by atoms with Crippen molar-refractivity contribution in [3.63, 3.8) is 0 Å². The van der Waals surface area contributed by atoms with E-state index in [-0.39, 0.29) is 5.91 Å². The Morgan fingerprint density at radius 2 is 1.90 bits per heavy atom. The molecule has 1 aromatic rings. The first-order valence-corrected chi connectivity index (χ1v) is 7.96. The molecule has 1 fully saturated rings. The van der Waals surface area contributed by atoms with Gasteiger partial charge in [0.05, 0.1) is 4.47 Å². The first kappa shape index (κ1) is 15.4. The molecule has 4 heteroatoms. The molecule has 3 unspecified atom stereocenters. The molecule has 1 amide bonds. The molecule has 0 bridgehead atoms. The molecule has 0 aliphatic carbocycles. The number of halogens is 1. The molecular weight excluding hydrogens is 318 g/mol. The summed E-state index contributed by atoms with van der Waals surface area (Å²) in [6.07, 6.45) is 0.745. The molecular formula is C16H22BrNO2. The molecule has 0 saturated carbocycles. The number of likely N-dealkylation sites (tertiary alicyclic amines) is 1. The third-order valence-corrected chi connectivity index (χ3v) is 4.32. The molecule has 0 N–H and O–H groups in total. The smallest absolute Gasteiger partial charge is 0.263 e. The van der Waals surface area contributed by atoms with Gasteiger partial charge in [0, 0.05) is 13.1 Å². The third-order valence-electron chi connectivity index (χ3n) is 3.67. The lowest BCUT2D eigenvalue weighted by atomic mass is 9.91. The van der Waals surface area contributed by atoms with E-state index >= 15 is 0 Å². The van der Waals surface area contributed by atoms with Gasteiger partial charge in [-0.05, 0) is 53.2 Å². The van der Waals surface area contributed by atoms with Crippen LogP contribution in [0.15, 0.2) is 28.7 Å². The summed E-state index contributed by atoms with van der Waals surface area (Å²) in [6, 6.07) is 7.62. The van der Waals surface area contributed by atoms with E-state index in [1.807, 2.05) is 36.1 Å². The van der Waals surface area contributed by atoms with E-state index in [4.69, 9.17) is 4.74 Å². The number of para-hydroxylation sites is 1. The maximum atomic E-state index is 12.5. The zero-order valence-corrected chi connectivity index (χ0v) is 13.9. The number of carbonyl (C=O) groups is 1. The van der Waals surface area contributed by atoms with Crippen molar-refractivity contribution in [2.45, 2.75) is 33.3 Å². The van der Waals surface area contributed by atoms with Crippen LogP contribution in [0.1, 0.15) is 27.2 Å². The largest absolute Gasteiger partial charge is 0.480 e. The highest BCUT2D eigenvalue weighted by Gasteiger charge is 2.29.